The molecule has 0 aromatic carbocycles. The number of carbonyl (C=O) groups excluding carboxylic acids is 4. The van der Waals surface area contributed by atoms with Crippen LogP contribution in [0.4, 0.5) is 0 Å². The molecule has 0 aromatic heterocycles. The van der Waals surface area contributed by atoms with Crippen molar-refractivity contribution in [3.63, 3.8) is 0 Å². The van der Waals surface area contributed by atoms with E-state index in [2.05, 4.69) is 210 Å². The summed E-state index contributed by atoms with van der Waals surface area (Å²) >= 11 is 0. The lowest BCUT2D eigenvalue weighted by Gasteiger charge is -2.21. The molecule has 0 radical (unpaired) electrons. The van der Waals surface area contributed by atoms with Crippen molar-refractivity contribution in [2.75, 3.05) is 39.6 Å². The summed E-state index contributed by atoms with van der Waals surface area (Å²) < 4.78 is 68.6. The number of esters is 4. The number of aliphatic hydroxyl groups excluding tert-OH is 1. The number of hydrogen-bond donors (Lipinski definition) is 3. The molecule has 0 heterocycles. The van der Waals surface area contributed by atoms with Gasteiger partial charge in [-0.25, -0.2) is 9.13 Å². The highest BCUT2D eigenvalue weighted by atomic mass is 31.2. The van der Waals surface area contributed by atoms with E-state index in [-0.39, 0.29) is 25.7 Å². The van der Waals surface area contributed by atoms with Crippen LogP contribution in [-0.4, -0.2) is 96.7 Å². The second kappa shape index (κ2) is 77.3. The molecule has 17 nitrogen and oxygen atoms in total. The minimum absolute atomic E-state index is 0.0514. The van der Waals surface area contributed by atoms with E-state index < -0.39 is 97.5 Å². The first-order chi connectivity index (χ1) is 51.7. The fraction of sp³-hybridized carbons (Fsp3) is 0.609. The molecule has 0 spiro atoms. The first-order valence-corrected chi connectivity index (χ1v) is 43.0. The Labute approximate surface area is 641 Å². The Morgan fingerprint density at radius 3 is 0.717 bits per heavy atom. The standard InChI is InChI=1S/C87H140O17P2/c1-5-9-13-17-21-25-29-33-37-39-40-42-45-48-52-56-60-64-68-72-85(90)98-78-83(104-87(92)74-70-66-62-58-54-50-46-41-38-34-30-26-22-18-14-10-6-2)80-102-106(95,96)100-76-81(88)75-99-105(93,94)101-79-82(103-86(91)73-69-65-61-57-53-49-44-36-32-28-24-20-16-12-8-4)77-97-84(89)71-67-63-59-55-51-47-43-35-31-27-23-19-15-11-7-3/h9-16,21-28,33-38,40,42-44,46,48,50,52,81-83,88H,5-8,17-20,29-32,39,41,45,47,49,51,53-80H2,1-4H3,(H,93,94)(H,95,96)/b13-9-,14-10-,15-11-,16-12-,25-21-,26-22-,27-23-,28-24-,37-33-,38-34-,42-40-,43-35-,44-36-,50-46-,52-48-. The van der Waals surface area contributed by atoms with Crippen molar-refractivity contribution in [3.05, 3.63) is 182 Å². The number of rotatable bonds is 73. The van der Waals surface area contributed by atoms with E-state index in [1.807, 2.05) is 0 Å². The molecule has 5 atom stereocenters. The van der Waals surface area contributed by atoms with E-state index in [0.717, 1.165) is 205 Å². The topological polar surface area (TPSA) is 237 Å². The highest BCUT2D eigenvalue weighted by molar-refractivity contribution is 7.47. The van der Waals surface area contributed by atoms with Gasteiger partial charge < -0.3 is 33.8 Å². The van der Waals surface area contributed by atoms with Crippen molar-refractivity contribution < 1.29 is 80.2 Å². The van der Waals surface area contributed by atoms with Crippen LogP contribution in [-0.2, 0) is 65.4 Å². The summed E-state index contributed by atoms with van der Waals surface area (Å²) in [5.41, 5.74) is 0. The van der Waals surface area contributed by atoms with Crippen molar-refractivity contribution in [2.45, 2.75) is 303 Å². The highest BCUT2D eigenvalue weighted by Crippen LogP contribution is 2.45. The Balaban J connectivity index is 5.47. The van der Waals surface area contributed by atoms with E-state index in [9.17, 15) is 43.2 Å². The Bertz CT molecular complexity index is 2730. The van der Waals surface area contributed by atoms with Crippen LogP contribution in [0.1, 0.15) is 285 Å². The lowest BCUT2D eigenvalue weighted by Crippen LogP contribution is -2.30. The van der Waals surface area contributed by atoms with E-state index >= 15 is 0 Å². The van der Waals surface area contributed by atoms with Gasteiger partial charge in [-0.2, -0.15) is 0 Å². The molecule has 0 aliphatic carbocycles. The quantitative estimate of drug-likeness (QED) is 0.0169. The Morgan fingerprint density at radius 2 is 0.462 bits per heavy atom. The molecule has 0 bridgehead atoms. The fourth-order valence-corrected chi connectivity index (χ4v) is 11.5. The summed E-state index contributed by atoms with van der Waals surface area (Å²) in [6, 6.07) is 0. The molecule has 0 aliphatic heterocycles. The maximum Gasteiger partial charge on any atom is 0.472 e. The van der Waals surface area contributed by atoms with Crippen molar-refractivity contribution in [1.82, 2.24) is 0 Å². The predicted molar refractivity (Wildman–Crippen MR) is 436 cm³/mol. The minimum Gasteiger partial charge on any atom is -0.462 e. The number of ether oxygens (including phenoxy) is 4. The summed E-state index contributed by atoms with van der Waals surface area (Å²) in [5, 5.41) is 10.7. The van der Waals surface area contributed by atoms with E-state index in [1.165, 1.54) is 0 Å². The van der Waals surface area contributed by atoms with Crippen LogP contribution in [0.5, 0.6) is 0 Å². The van der Waals surface area contributed by atoms with Gasteiger partial charge in [0.05, 0.1) is 26.4 Å². The Kier molecular flexibility index (Phi) is 73.1. The molecule has 106 heavy (non-hydrogen) atoms. The molecule has 600 valence electrons. The second-order valence-corrected chi connectivity index (χ2v) is 28.7. The third-order valence-electron chi connectivity index (χ3n) is 15.9. The van der Waals surface area contributed by atoms with Gasteiger partial charge in [0.25, 0.3) is 0 Å². The van der Waals surface area contributed by atoms with Gasteiger partial charge in [-0.05, 0) is 173 Å². The summed E-state index contributed by atoms with van der Waals surface area (Å²) in [5.74, 6) is -2.29. The maximum absolute atomic E-state index is 13.1. The van der Waals surface area contributed by atoms with Gasteiger partial charge >= 0.3 is 39.5 Å². The third-order valence-corrected chi connectivity index (χ3v) is 17.8. The average Bonchev–Trinajstić information content (AvgIpc) is 0.902. The number of aliphatic hydroxyl groups is 1. The predicted octanol–water partition coefficient (Wildman–Crippen LogP) is 23.6. The Morgan fingerprint density at radius 1 is 0.264 bits per heavy atom. The second-order valence-electron chi connectivity index (χ2n) is 25.8. The van der Waals surface area contributed by atoms with Crippen LogP contribution in [0.3, 0.4) is 0 Å². The summed E-state index contributed by atoms with van der Waals surface area (Å²) in [6.45, 7) is 4.30. The highest BCUT2D eigenvalue weighted by Gasteiger charge is 2.30. The lowest BCUT2D eigenvalue weighted by molar-refractivity contribution is -0.161. The van der Waals surface area contributed by atoms with Crippen LogP contribution in [0, 0.1) is 0 Å². The molecule has 19 heteroatoms. The van der Waals surface area contributed by atoms with Gasteiger partial charge in [-0.1, -0.05) is 268 Å². The van der Waals surface area contributed by atoms with Gasteiger partial charge in [0.2, 0.25) is 0 Å². The fourth-order valence-electron chi connectivity index (χ4n) is 9.91. The molecule has 0 aliphatic rings. The normalized spacial score (nSPS) is 14.8. The largest absolute Gasteiger partial charge is 0.472 e. The van der Waals surface area contributed by atoms with Crippen molar-refractivity contribution in [3.8, 4) is 0 Å². The molecule has 0 saturated carbocycles. The number of phosphoric acid groups is 2. The molecule has 3 N–H and O–H groups in total. The molecule has 0 rings (SSSR count). The monoisotopic (exact) mass is 1520 g/mol. The molecule has 0 amide bonds. The zero-order valence-corrected chi connectivity index (χ0v) is 67.3. The van der Waals surface area contributed by atoms with Crippen LogP contribution < -0.4 is 0 Å². The van der Waals surface area contributed by atoms with E-state index in [1.54, 1.807) is 0 Å². The lowest BCUT2D eigenvalue weighted by atomic mass is 10.1. The van der Waals surface area contributed by atoms with E-state index in [4.69, 9.17) is 37.0 Å². The molecular weight excluding hydrogens is 1380 g/mol. The van der Waals surface area contributed by atoms with Crippen LogP contribution in [0.15, 0.2) is 182 Å². The van der Waals surface area contributed by atoms with Gasteiger partial charge in [0.15, 0.2) is 12.2 Å². The number of hydrogen-bond acceptors (Lipinski definition) is 15. The van der Waals surface area contributed by atoms with Crippen molar-refractivity contribution in [1.29, 1.82) is 0 Å². The van der Waals surface area contributed by atoms with Crippen molar-refractivity contribution in [2.24, 2.45) is 0 Å². The van der Waals surface area contributed by atoms with Crippen molar-refractivity contribution >= 4 is 39.5 Å². The summed E-state index contributed by atoms with van der Waals surface area (Å²) in [6.07, 6.45) is 93.0. The van der Waals surface area contributed by atoms with Gasteiger partial charge in [-0.3, -0.25) is 37.3 Å². The summed E-state index contributed by atoms with van der Waals surface area (Å²) in [4.78, 5) is 73.1. The third kappa shape index (κ3) is 76.4. The molecule has 0 fully saturated rings. The Hall–Kier alpha value is -5.84. The zero-order chi connectivity index (χ0) is 77.4. The first-order valence-electron chi connectivity index (χ1n) is 40.0. The number of phosphoric ester groups is 2. The number of unbranched alkanes of at least 4 members (excludes halogenated alkanes) is 17. The molecule has 0 aromatic rings. The first kappa shape index (κ1) is 100. The summed E-state index contributed by atoms with van der Waals surface area (Å²) in [7, 11) is -10.0. The van der Waals surface area contributed by atoms with Crippen LogP contribution in [0.25, 0.3) is 0 Å². The molecule has 0 saturated heterocycles. The van der Waals surface area contributed by atoms with Crippen LogP contribution in [0.2, 0.25) is 0 Å². The average molecular weight is 1520 g/mol. The van der Waals surface area contributed by atoms with Crippen LogP contribution >= 0.6 is 15.6 Å². The van der Waals surface area contributed by atoms with Gasteiger partial charge in [0.1, 0.15) is 19.3 Å². The maximum atomic E-state index is 13.1. The number of carbonyl (C=O) groups is 4. The number of allylic oxidation sites excluding steroid dienone is 30. The van der Waals surface area contributed by atoms with Gasteiger partial charge in [0, 0.05) is 25.7 Å². The smallest absolute Gasteiger partial charge is 0.462 e. The van der Waals surface area contributed by atoms with E-state index in [0.29, 0.717) is 25.7 Å². The molecule has 5 unspecified atom stereocenters. The van der Waals surface area contributed by atoms with Gasteiger partial charge in [-0.15, -0.1) is 0 Å². The molecular formula is C87H140O17P2. The zero-order valence-electron chi connectivity index (χ0n) is 65.5. The minimum atomic E-state index is -5.01. The SMILES string of the molecule is CC/C=C\C/C=C\C/C=C\C/C=C\C/C=C\CCCCCC(=O)OCC(COP(=O)(O)OCC(O)COP(=O)(O)OCC(COC(=O)CCCCCCC/C=C\C/C=C\C/C=C\CC)OC(=O)CCCCCCC/C=C\C/C=C\C/C=C\CC)OC(=O)CCCCCC/C=C\C/C=C\C/C=C\C/C=C\CC.